The molecule has 1 aliphatic heterocycles. The highest BCUT2D eigenvalue weighted by Gasteiger charge is 2.41. The molecule has 1 saturated heterocycles. The zero-order valence-corrected chi connectivity index (χ0v) is 12.6. The molecule has 0 amide bonds. The molecule has 1 fully saturated rings. The van der Waals surface area contributed by atoms with Crippen LogP contribution in [0.1, 0.15) is 12.8 Å². The van der Waals surface area contributed by atoms with Crippen molar-refractivity contribution in [1.29, 1.82) is 5.41 Å². The molecule has 0 saturated carbocycles. The molecule has 0 aromatic heterocycles. The number of piperidine rings is 1. The van der Waals surface area contributed by atoms with E-state index in [0.717, 1.165) is 6.07 Å². The van der Waals surface area contributed by atoms with Gasteiger partial charge in [-0.3, -0.25) is 5.41 Å². The van der Waals surface area contributed by atoms with Crippen LogP contribution in [0.5, 0.6) is 0 Å². The van der Waals surface area contributed by atoms with Crippen molar-refractivity contribution in [1.82, 2.24) is 9.62 Å². The number of likely N-dealkylation sites (tertiary alicyclic amines) is 1. The fraction of sp³-hybridized carbons (Fsp3) is 0.462. The van der Waals surface area contributed by atoms with Crippen LogP contribution in [-0.2, 0) is 10.0 Å². The summed E-state index contributed by atoms with van der Waals surface area (Å²) in [6.45, 7) is 1.22. The molecule has 1 heterocycles. The van der Waals surface area contributed by atoms with Crippen LogP contribution in [0, 0.1) is 11.2 Å². The van der Waals surface area contributed by atoms with Crippen LogP contribution in [0.3, 0.4) is 0 Å². The maximum absolute atomic E-state index is 13.7. The van der Waals surface area contributed by atoms with E-state index < -0.39 is 26.3 Å². The molecule has 4 N–H and O–H groups in total. The molecule has 1 aliphatic rings. The molecule has 1 aromatic carbocycles. The third-order valence-electron chi connectivity index (χ3n) is 3.81. The first-order valence-electron chi connectivity index (χ1n) is 6.58. The van der Waals surface area contributed by atoms with E-state index in [4.69, 9.17) is 11.1 Å². The van der Waals surface area contributed by atoms with Crippen LogP contribution in [0.4, 0.5) is 4.39 Å². The van der Waals surface area contributed by atoms with E-state index in [9.17, 15) is 12.8 Å². The van der Waals surface area contributed by atoms with Gasteiger partial charge in [-0.2, -0.15) is 4.72 Å². The van der Waals surface area contributed by atoms with Crippen LogP contribution in [0.2, 0.25) is 0 Å². The lowest BCUT2D eigenvalue weighted by atomic mass is 9.88. The summed E-state index contributed by atoms with van der Waals surface area (Å²) in [4.78, 5) is 1.60. The van der Waals surface area contributed by atoms with Gasteiger partial charge in [-0.25, -0.2) is 12.8 Å². The van der Waals surface area contributed by atoms with E-state index in [1.807, 2.05) is 11.9 Å². The Balaban J connectivity index is 2.33. The molecule has 0 bridgehead atoms. The number of rotatable bonds is 4. The van der Waals surface area contributed by atoms with Crippen molar-refractivity contribution in [3.05, 3.63) is 30.1 Å². The van der Waals surface area contributed by atoms with Crippen molar-refractivity contribution >= 4 is 15.9 Å². The molecule has 6 nitrogen and oxygen atoms in total. The molecule has 2 rings (SSSR count). The third-order valence-corrected chi connectivity index (χ3v) is 5.38. The number of sulfonamides is 1. The van der Waals surface area contributed by atoms with Crippen LogP contribution < -0.4 is 10.5 Å². The van der Waals surface area contributed by atoms with Crippen LogP contribution in [-0.4, -0.2) is 44.8 Å². The van der Waals surface area contributed by atoms with Gasteiger partial charge >= 0.3 is 0 Å². The summed E-state index contributed by atoms with van der Waals surface area (Å²) in [5.74, 6) is -1.06. The highest BCUT2D eigenvalue weighted by molar-refractivity contribution is 7.89. The summed E-state index contributed by atoms with van der Waals surface area (Å²) >= 11 is 0. The molecular weight excluding hydrogens is 295 g/mol. The molecule has 0 radical (unpaired) electrons. The zero-order valence-electron chi connectivity index (χ0n) is 11.8. The Bertz CT molecular complexity index is 639. The monoisotopic (exact) mass is 314 g/mol. The molecule has 0 spiro atoms. The Morgan fingerprint density at radius 1 is 1.38 bits per heavy atom. The lowest BCUT2D eigenvalue weighted by molar-refractivity contribution is 0.218. The smallest absolute Gasteiger partial charge is 0.244 e. The summed E-state index contributed by atoms with van der Waals surface area (Å²) in [6, 6.07) is 5.15. The summed E-state index contributed by atoms with van der Waals surface area (Å²) in [5, 5.41) is 7.74. The van der Waals surface area contributed by atoms with Crippen LogP contribution in [0.15, 0.2) is 29.2 Å². The summed E-state index contributed by atoms with van der Waals surface area (Å²) in [7, 11) is -2.16. The molecule has 8 heteroatoms. The topological polar surface area (TPSA) is 99.3 Å². The second-order valence-corrected chi connectivity index (χ2v) is 6.99. The molecule has 0 atom stereocenters. The quantitative estimate of drug-likeness (QED) is 0.557. The van der Waals surface area contributed by atoms with Gasteiger partial charge in [-0.05, 0) is 32.0 Å². The van der Waals surface area contributed by atoms with E-state index in [1.165, 1.54) is 18.2 Å². The van der Waals surface area contributed by atoms with Gasteiger partial charge in [0.1, 0.15) is 16.5 Å². The molecule has 1 aromatic rings. The van der Waals surface area contributed by atoms with Crippen LogP contribution >= 0.6 is 0 Å². The maximum atomic E-state index is 13.7. The van der Waals surface area contributed by atoms with Crippen molar-refractivity contribution in [3.8, 4) is 0 Å². The fourth-order valence-electron chi connectivity index (χ4n) is 2.40. The standard InChI is InChI=1S/C13H19FN4O2S/c1-18-8-6-13(7-9-18,12(15)16)17-21(19,20)11-5-3-2-4-10(11)14/h2-5,17H,6-9H2,1H3,(H3,15,16). The number of nitrogens with two attached hydrogens (primary N) is 1. The SMILES string of the molecule is CN1CCC(NS(=O)(=O)c2ccccc2F)(C(=N)N)CC1. The minimum absolute atomic E-state index is 0.240. The van der Waals surface area contributed by atoms with Crippen molar-refractivity contribution in [2.45, 2.75) is 23.3 Å². The highest BCUT2D eigenvalue weighted by Crippen LogP contribution is 2.25. The largest absolute Gasteiger partial charge is 0.386 e. The van der Waals surface area contributed by atoms with E-state index in [1.54, 1.807) is 0 Å². The Kier molecular flexibility index (Phi) is 4.31. The minimum atomic E-state index is -4.08. The van der Waals surface area contributed by atoms with Gasteiger partial charge in [-0.15, -0.1) is 0 Å². The highest BCUT2D eigenvalue weighted by atomic mass is 32.2. The first-order valence-corrected chi connectivity index (χ1v) is 8.07. The fourth-order valence-corrected chi connectivity index (χ4v) is 3.92. The lowest BCUT2D eigenvalue weighted by Crippen LogP contribution is -2.61. The van der Waals surface area contributed by atoms with Crippen molar-refractivity contribution < 1.29 is 12.8 Å². The first kappa shape index (κ1) is 15.9. The van der Waals surface area contributed by atoms with E-state index in [0.29, 0.717) is 25.9 Å². The number of benzene rings is 1. The summed E-state index contributed by atoms with van der Waals surface area (Å²) in [6.07, 6.45) is 0.763. The Morgan fingerprint density at radius 3 is 2.48 bits per heavy atom. The van der Waals surface area contributed by atoms with Gasteiger partial charge in [0.15, 0.2) is 0 Å². The summed E-state index contributed by atoms with van der Waals surface area (Å²) < 4.78 is 40.9. The Morgan fingerprint density at radius 2 is 1.95 bits per heavy atom. The predicted octanol–water partition coefficient (Wildman–Crippen LogP) is 0.504. The van der Waals surface area contributed by atoms with Gasteiger partial charge in [-0.1, -0.05) is 12.1 Å². The van der Waals surface area contributed by atoms with Gasteiger partial charge in [0.05, 0.1) is 5.54 Å². The van der Waals surface area contributed by atoms with Gasteiger partial charge in [0.2, 0.25) is 10.0 Å². The van der Waals surface area contributed by atoms with Crippen molar-refractivity contribution in [2.75, 3.05) is 20.1 Å². The van der Waals surface area contributed by atoms with E-state index in [2.05, 4.69) is 4.72 Å². The number of nitrogens with one attached hydrogen (secondary N) is 2. The molecular formula is C13H19FN4O2S. The van der Waals surface area contributed by atoms with Gasteiger partial charge in [0, 0.05) is 13.1 Å². The maximum Gasteiger partial charge on any atom is 0.244 e. The van der Waals surface area contributed by atoms with Crippen molar-refractivity contribution in [2.24, 2.45) is 5.73 Å². The number of hydrogen-bond acceptors (Lipinski definition) is 4. The Labute approximate surface area is 123 Å². The normalized spacial score (nSPS) is 19.3. The average molecular weight is 314 g/mol. The van der Waals surface area contributed by atoms with E-state index >= 15 is 0 Å². The molecule has 116 valence electrons. The van der Waals surface area contributed by atoms with Gasteiger partial charge in [0.25, 0.3) is 0 Å². The zero-order chi connectivity index (χ0) is 15.7. The first-order chi connectivity index (χ1) is 9.77. The Hall–Kier alpha value is -1.51. The third kappa shape index (κ3) is 3.22. The molecule has 21 heavy (non-hydrogen) atoms. The number of hydrogen-bond donors (Lipinski definition) is 3. The molecule has 0 aliphatic carbocycles. The predicted molar refractivity (Wildman–Crippen MR) is 78.1 cm³/mol. The number of halogens is 1. The average Bonchev–Trinajstić information content (AvgIpc) is 2.41. The lowest BCUT2D eigenvalue weighted by Gasteiger charge is -2.39. The van der Waals surface area contributed by atoms with E-state index in [-0.39, 0.29) is 5.84 Å². The van der Waals surface area contributed by atoms with Gasteiger partial charge < -0.3 is 10.6 Å². The van der Waals surface area contributed by atoms with Crippen LogP contribution in [0.25, 0.3) is 0 Å². The second-order valence-electron chi connectivity index (χ2n) is 5.33. The molecule has 0 unspecified atom stereocenters. The number of amidine groups is 1. The minimum Gasteiger partial charge on any atom is -0.386 e. The van der Waals surface area contributed by atoms with Crippen molar-refractivity contribution in [3.63, 3.8) is 0 Å². The second kappa shape index (κ2) is 5.70. The number of nitrogens with zero attached hydrogens (tertiary/aromatic N) is 1. The summed E-state index contributed by atoms with van der Waals surface area (Å²) in [5.41, 5.74) is 4.47.